The highest BCUT2D eigenvalue weighted by Gasteiger charge is 2.15. The lowest BCUT2D eigenvalue weighted by molar-refractivity contribution is 0.0915. The summed E-state index contributed by atoms with van der Waals surface area (Å²) in [5.74, 6) is -0.829. The molecule has 2 aromatic rings. The van der Waals surface area contributed by atoms with Gasteiger partial charge in [0, 0.05) is 5.56 Å². The van der Waals surface area contributed by atoms with E-state index in [0.29, 0.717) is 5.56 Å². The Bertz CT molecular complexity index is 599. The fraction of sp³-hybridized carbons (Fsp3) is 0.188. The van der Waals surface area contributed by atoms with E-state index in [0.717, 1.165) is 5.56 Å². The second-order valence-electron chi connectivity index (χ2n) is 4.58. The summed E-state index contributed by atoms with van der Waals surface area (Å²) in [5, 5.41) is 12.1. The van der Waals surface area contributed by atoms with Crippen molar-refractivity contribution in [3.8, 4) is 0 Å². The molecule has 0 saturated carbocycles. The summed E-state index contributed by atoms with van der Waals surface area (Å²) in [6.07, 6.45) is 0. The second kappa shape index (κ2) is 6.30. The third kappa shape index (κ3) is 3.22. The molecule has 2 N–H and O–H groups in total. The van der Waals surface area contributed by atoms with Crippen LogP contribution in [-0.2, 0) is 0 Å². The van der Waals surface area contributed by atoms with E-state index in [2.05, 4.69) is 5.32 Å². The first-order valence-electron chi connectivity index (χ1n) is 6.34. The summed E-state index contributed by atoms with van der Waals surface area (Å²) in [6, 6.07) is 13.0. The summed E-state index contributed by atoms with van der Waals surface area (Å²) in [6.45, 7) is 1.42. The smallest absolute Gasteiger partial charge is 0.251 e. The van der Waals surface area contributed by atoms with E-state index < -0.39 is 17.8 Å². The molecule has 104 valence electrons. The van der Waals surface area contributed by atoms with Gasteiger partial charge in [0.05, 0.1) is 12.6 Å². The quantitative estimate of drug-likeness (QED) is 0.899. The van der Waals surface area contributed by atoms with Crippen LogP contribution >= 0.6 is 0 Å². The Labute approximate surface area is 117 Å². The predicted molar refractivity (Wildman–Crippen MR) is 74.9 cm³/mol. The number of rotatable bonds is 4. The molecule has 0 bridgehead atoms. The first-order chi connectivity index (χ1) is 9.61. The summed E-state index contributed by atoms with van der Waals surface area (Å²) in [4.78, 5) is 12.1. The summed E-state index contributed by atoms with van der Waals surface area (Å²) in [7, 11) is 0. The SMILES string of the molecule is Cc1ccc(C(=O)N[C@@H](CO)c2ccccc2)cc1F. The Kier molecular flexibility index (Phi) is 4.48. The van der Waals surface area contributed by atoms with E-state index in [1.165, 1.54) is 6.07 Å². The molecule has 0 fully saturated rings. The van der Waals surface area contributed by atoms with Crippen LogP contribution in [-0.4, -0.2) is 17.6 Å². The minimum Gasteiger partial charge on any atom is -0.394 e. The van der Waals surface area contributed by atoms with Gasteiger partial charge in [-0.2, -0.15) is 0 Å². The number of carbonyl (C=O) groups is 1. The summed E-state index contributed by atoms with van der Waals surface area (Å²) < 4.78 is 13.5. The third-order valence-electron chi connectivity index (χ3n) is 3.12. The molecule has 1 amide bonds. The van der Waals surface area contributed by atoms with E-state index in [-0.39, 0.29) is 12.2 Å². The first-order valence-corrected chi connectivity index (χ1v) is 6.34. The third-order valence-corrected chi connectivity index (χ3v) is 3.12. The van der Waals surface area contributed by atoms with Crippen LogP contribution in [0.5, 0.6) is 0 Å². The highest BCUT2D eigenvalue weighted by atomic mass is 19.1. The Hall–Kier alpha value is -2.20. The number of carbonyl (C=O) groups excluding carboxylic acids is 1. The van der Waals surface area contributed by atoms with Crippen LogP contribution in [0, 0.1) is 12.7 Å². The van der Waals surface area contributed by atoms with Gasteiger partial charge in [0.15, 0.2) is 0 Å². The molecule has 0 saturated heterocycles. The van der Waals surface area contributed by atoms with Crippen molar-refractivity contribution >= 4 is 5.91 Å². The van der Waals surface area contributed by atoms with Gasteiger partial charge in [-0.3, -0.25) is 4.79 Å². The first kappa shape index (κ1) is 14.2. The summed E-state index contributed by atoms with van der Waals surface area (Å²) >= 11 is 0. The highest BCUT2D eigenvalue weighted by Crippen LogP contribution is 2.14. The molecule has 0 aliphatic rings. The van der Waals surface area contributed by atoms with Gasteiger partial charge in [0.2, 0.25) is 0 Å². The van der Waals surface area contributed by atoms with Crippen molar-refractivity contribution in [2.24, 2.45) is 0 Å². The monoisotopic (exact) mass is 273 g/mol. The average Bonchev–Trinajstić information content (AvgIpc) is 2.48. The largest absolute Gasteiger partial charge is 0.394 e. The molecule has 0 radical (unpaired) electrons. The lowest BCUT2D eigenvalue weighted by Gasteiger charge is -2.16. The van der Waals surface area contributed by atoms with Crippen molar-refractivity contribution in [1.29, 1.82) is 0 Å². The minimum absolute atomic E-state index is 0.218. The van der Waals surface area contributed by atoms with E-state index in [1.54, 1.807) is 19.1 Å². The van der Waals surface area contributed by atoms with Gasteiger partial charge in [-0.05, 0) is 30.2 Å². The molecule has 1 atom stereocenters. The average molecular weight is 273 g/mol. The van der Waals surface area contributed by atoms with E-state index >= 15 is 0 Å². The maximum absolute atomic E-state index is 13.5. The van der Waals surface area contributed by atoms with E-state index in [9.17, 15) is 14.3 Å². The zero-order chi connectivity index (χ0) is 14.5. The molecule has 0 aliphatic heterocycles. The molecule has 3 nitrogen and oxygen atoms in total. The minimum atomic E-state index is -0.506. The number of aliphatic hydroxyl groups is 1. The molecule has 0 spiro atoms. The number of benzene rings is 2. The molecule has 0 aliphatic carbocycles. The zero-order valence-corrected chi connectivity index (χ0v) is 11.1. The predicted octanol–water partition coefficient (Wildman–Crippen LogP) is 2.60. The van der Waals surface area contributed by atoms with Crippen molar-refractivity contribution < 1.29 is 14.3 Å². The molecule has 2 rings (SSSR count). The van der Waals surface area contributed by atoms with Gasteiger partial charge in [-0.15, -0.1) is 0 Å². The molecule has 0 unspecified atom stereocenters. The number of aliphatic hydroxyl groups excluding tert-OH is 1. The molecule has 0 aromatic heterocycles. The molecular weight excluding hydrogens is 257 g/mol. The number of halogens is 1. The highest BCUT2D eigenvalue weighted by molar-refractivity contribution is 5.94. The van der Waals surface area contributed by atoms with Crippen LogP contribution < -0.4 is 5.32 Å². The molecular formula is C16H16FNO2. The second-order valence-corrected chi connectivity index (χ2v) is 4.58. The number of hydrogen-bond acceptors (Lipinski definition) is 2. The van der Waals surface area contributed by atoms with E-state index in [4.69, 9.17) is 0 Å². The van der Waals surface area contributed by atoms with Gasteiger partial charge in [-0.1, -0.05) is 36.4 Å². The number of aryl methyl sites for hydroxylation is 1. The standard InChI is InChI=1S/C16H16FNO2/c1-11-7-8-13(9-14(11)17)16(20)18-15(10-19)12-5-3-2-4-6-12/h2-9,15,19H,10H2,1H3,(H,18,20)/t15-/m0/s1. The topological polar surface area (TPSA) is 49.3 Å². The molecule has 20 heavy (non-hydrogen) atoms. The zero-order valence-electron chi connectivity index (χ0n) is 11.1. The van der Waals surface area contributed by atoms with Gasteiger partial charge in [-0.25, -0.2) is 4.39 Å². The number of nitrogens with one attached hydrogen (secondary N) is 1. The van der Waals surface area contributed by atoms with Crippen LogP contribution in [0.1, 0.15) is 27.5 Å². The fourth-order valence-corrected chi connectivity index (χ4v) is 1.90. The summed E-state index contributed by atoms with van der Waals surface area (Å²) in [5.41, 5.74) is 1.53. The molecule has 4 heteroatoms. The Morgan fingerprint density at radius 3 is 2.55 bits per heavy atom. The van der Waals surface area contributed by atoms with Crippen LogP contribution in [0.2, 0.25) is 0 Å². The fourth-order valence-electron chi connectivity index (χ4n) is 1.90. The Balaban J connectivity index is 2.15. The van der Waals surface area contributed by atoms with Crippen molar-refractivity contribution in [3.63, 3.8) is 0 Å². The Morgan fingerprint density at radius 2 is 1.95 bits per heavy atom. The van der Waals surface area contributed by atoms with Gasteiger partial charge in [0.1, 0.15) is 5.82 Å². The van der Waals surface area contributed by atoms with Crippen molar-refractivity contribution in [2.45, 2.75) is 13.0 Å². The number of amides is 1. The van der Waals surface area contributed by atoms with Gasteiger partial charge < -0.3 is 10.4 Å². The number of hydrogen-bond donors (Lipinski definition) is 2. The molecule has 2 aromatic carbocycles. The van der Waals surface area contributed by atoms with Crippen LogP contribution in [0.4, 0.5) is 4.39 Å². The van der Waals surface area contributed by atoms with Crippen LogP contribution in [0.3, 0.4) is 0 Å². The van der Waals surface area contributed by atoms with Crippen molar-refractivity contribution in [2.75, 3.05) is 6.61 Å². The van der Waals surface area contributed by atoms with Crippen LogP contribution in [0.15, 0.2) is 48.5 Å². The molecule has 0 heterocycles. The normalized spacial score (nSPS) is 11.9. The lowest BCUT2D eigenvalue weighted by Crippen LogP contribution is -2.30. The maximum Gasteiger partial charge on any atom is 0.251 e. The Morgan fingerprint density at radius 1 is 1.25 bits per heavy atom. The van der Waals surface area contributed by atoms with Crippen molar-refractivity contribution in [1.82, 2.24) is 5.32 Å². The lowest BCUT2D eigenvalue weighted by atomic mass is 10.1. The van der Waals surface area contributed by atoms with E-state index in [1.807, 2.05) is 30.3 Å². The van der Waals surface area contributed by atoms with Crippen molar-refractivity contribution in [3.05, 3.63) is 71.0 Å². The van der Waals surface area contributed by atoms with Gasteiger partial charge >= 0.3 is 0 Å². The van der Waals surface area contributed by atoms with Gasteiger partial charge in [0.25, 0.3) is 5.91 Å². The maximum atomic E-state index is 13.5. The van der Waals surface area contributed by atoms with Crippen LogP contribution in [0.25, 0.3) is 0 Å².